The number of H-pyrrole nitrogens is 2. The number of hydrogen-bond acceptors (Lipinski definition) is 12. The van der Waals surface area contributed by atoms with Gasteiger partial charge in [0.2, 0.25) is 35.4 Å². The molecule has 3 aromatic carbocycles. The number of benzene rings is 3. The van der Waals surface area contributed by atoms with Gasteiger partial charge in [0.15, 0.2) is 5.96 Å². The number of phenolic OH excluding ortho intramolecular Hbond substituents is 1. The van der Waals surface area contributed by atoms with E-state index in [0.29, 0.717) is 35.2 Å². The molecule has 0 bridgehead atoms. The van der Waals surface area contributed by atoms with Crippen LogP contribution in [0.15, 0.2) is 103 Å². The molecule has 0 spiro atoms. The standard InChI is InChI=1S/C50H66N14O9/c1-29(52)43(66)61-39(22-30-10-3-2-4-11-30)46(69)60-38(15-9-21-56-50(53)54)45(68)62-40(23-31-16-18-34(65)19-17-31)47(70)59-37(14-7-8-20-51)44(67)63-41(24-32-26-57-36-13-6-5-12-35(32)36)48(71)64-42(49(72)73)25-33-27-55-28-58-33/h2-6,10-13,16-19,26-29,37-42,57,65H,7-9,14-15,20-25,51-52H2,1H3,(H,55,58)(H,59,70)(H,60,69)(H,61,66)(H,62,68)(H,63,67)(H,64,71)(H,72,73)(H4,53,54,56)/t29-,37-,38+,39+,40-,41+,42-/m0/s1. The Hall–Kier alpha value is -8.31. The molecule has 6 amide bonds. The first-order valence-electron chi connectivity index (χ1n) is 23.9. The lowest BCUT2D eigenvalue weighted by Crippen LogP contribution is -2.60. The molecule has 18 N–H and O–H groups in total. The number of nitrogens with two attached hydrogens (primary N) is 4. The van der Waals surface area contributed by atoms with Crippen LogP contribution in [-0.2, 0) is 59.2 Å². The summed E-state index contributed by atoms with van der Waals surface area (Å²) in [5.41, 5.74) is 25.8. The zero-order chi connectivity index (χ0) is 52.9. The Morgan fingerprint density at radius 3 is 1.70 bits per heavy atom. The first kappa shape index (κ1) is 55.6. The van der Waals surface area contributed by atoms with Crippen LogP contribution < -0.4 is 54.8 Å². The number of fused-ring (bicyclic) bond motifs is 1. The number of aliphatic carboxylic acids is 1. The number of aromatic hydroxyl groups is 1. The van der Waals surface area contributed by atoms with E-state index < -0.39 is 83.7 Å². The molecule has 5 aromatic rings. The van der Waals surface area contributed by atoms with Gasteiger partial charge in [-0.3, -0.25) is 33.8 Å². The van der Waals surface area contributed by atoms with Gasteiger partial charge in [-0.05, 0) is 80.5 Å². The number of carboxylic acid groups (broad SMARTS) is 1. The maximum absolute atomic E-state index is 14.6. The number of aromatic nitrogens is 3. The molecule has 23 heteroatoms. The van der Waals surface area contributed by atoms with Crippen LogP contribution in [0.1, 0.15) is 61.4 Å². The van der Waals surface area contributed by atoms with Gasteiger partial charge in [-0.1, -0.05) is 60.7 Å². The number of nitrogens with zero attached hydrogens (tertiary/aromatic N) is 2. The second-order valence-electron chi connectivity index (χ2n) is 17.6. The molecule has 0 saturated heterocycles. The molecule has 2 heterocycles. The topological polar surface area (TPSA) is 393 Å². The van der Waals surface area contributed by atoms with Crippen LogP contribution in [0.3, 0.4) is 0 Å². The summed E-state index contributed by atoms with van der Waals surface area (Å²) in [6.07, 6.45) is 5.14. The number of carboxylic acids is 1. The highest BCUT2D eigenvalue weighted by molar-refractivity contribution is 5.97. The molecule has 2 aromatic heterocycles. The van der Waals surface area contributed by atoms with E-state index in [4.69, 9.17) is 22.9 Å². The summed E-state index contributed by atoms with van der Waals surface area (Å²) < 4.78 is 0. The summed E-state index contributed by atoms with van der Waals surface area (Å²) in [6.45, 7) is 1.80. The minimum Gasteiger partial charge on any atom is -0.508 e. The number of guanidine groups is 1. The average molecular weight is 1010 g/mol. The number of nitrogens with one attached hydrogen (secondary N) is 8. The normalized spacial score (nSPS) is 14.0. The molecular formula is C50H66N14O9. The zero-order valence-corrected chi connectivity index (χ0v) is 40.5. The van der Waals surface area contributed by atoms with Crippen LogP contribution in [0.2, 0.25) is 0 Å². The lowest BCUT2D eigenvalue weighted by Gasteiger charge is -2.28. The van der Waals surface area contributed by atoms with Crippen LogP contribution in [0, 0.1) is 0 Å². The van der Waals surface area contributed by atoms with Crippen molar-refractivity contribution in [2.75, 3.05) is 13.1 Å². The van der Waals surface area contributed by atoms with Gasteiger partial charge in [-0.2, -0.15) is 0 Å². The number of aliphatic imine (C=N–C) groups is 1. The van der Waals surface area contributed by atoms with Gasteiger partial charge in [0, 0.05) is 61.2 Å². The Kier molecular flexibility index (Phi) is 21.3. The van der Waals surface area contributed by atoms with Crippen molar-refractivity contribution < 1.29 is 43.8 Å². The van der Waals surface area contributed by atoms with Gasteiger partial charge in [-0.15, -0.1) is 0 Å². The Morgan fingerprint density at radius 1 is 0.616 bits per heavy atom. The first-order chi connectivity index (χ1) is 35.0. The van der Waals surface area contributed by atoms with Crippen molar-refractivity contribution in [3.05, 3.63) is 120 Å². The fourth-order valence-corrected chi connectivity index (χ4v) is 7.88. The third-order valence-corrected chi connectivity index (χ3v) is 11.8. The maximum Gasteiger partial charge on any atom is 0.326 e. The van der Waals surface area contributed by atoms with Gasteiger partial charge in [0.25, 0.3) is 0 Å². The summed E-state index contributed by atoms with van der Waals surface area (Å²) in [4.78, 5) is 111. The minimum atomic E-state index is -1.42. The van der Waals surface area contributed by atoms with Crippen molar-refractivity contribution in [3.8, 4) is 5.75 Å². The van der Waals surface area contributed by atoms with Gasteiger partial charge in [-0.25, -0.2) is 9.78 Å². The predicted molar refractivity (Wildman–Crippen MR) is 272 cm³/mol. The van der Waals surface area contributed by atoms with Crippen LogP contribution in [-0.4, -0.2) is 128 Å². The average Bonchev–Trinajstić information content (AvgIpc) is 4.04. The molecule has 0 fully saturated rings. The number of hydrogen-bond donors (Lipinski definition) is 14. The quantitative estimate of drug-likeness (QED) is 0.0162. The van der Waals surface area contributed by atoms with Gasteiger partial charge in [0.1, 0.15) is 42.0 Å². The summed E-state index contributed by atoms with van der Waals surface area (Å²) in [6, 6.07) is 13.1. The van der Waals surface area contributed by atoms with Crippen molar-refractivity contribution >= 4 is 58.3 Å². The van der Waals surface area contributed by atoms with Crippen molar-refractivity contribution in [2.45, 2.75) is 107 Å². The third kappa shape index (κ3) is 17.8. The van der Waals surface area contributed by atoms with E-state index in [9.17, 15) is 43.8 Å². The number of carbonyl (C=O) groups excluding carboxylic acids is 6. The number of rotatable bonds is 29. The largest absolute Gasteiger partial charge is 0.508 e. The molecule has 0 aliphatic carbocycles. The first-order valence-corrected chi connectivity index (χ1v) is 23.9. The number of imidazole rings is 1. The SMILES string of the molecule is C[C@H](N)C(=O)N[C@H](Cc1ccccc1)C(=O)N[C@H](CCCN=C(N)N)C(=O)N[C@@H](Cc1ccc(O)cc1)C(=O)N[C@@H](CCCCN)C(=O)N[C@H](Cc1c[nH]c2ccccc12)C(=O)N[C@@H](Cc1cnc[nH]1)C(=O)O. The maximum atomic E-state index is 14.6. The summed E-state index contributed by atoms with van der Waals surface area (Å²) in [5.74, 6) is -6.15. The van der Waals surface area contributed by atoms with E-state index in [1.165, 1.54) is 31.6 Å². The molecule has 5 rings (SSSR count). The number of para-hydroxylation sites is 1. The molecular weight excluding hydrogens is 941 g/mol. The molecule has 23 nitrogen and oxygen atoms in total. The molecule has 0 radical (unpaired) electrons. The molecule has 0 aliphatic rings. The van der Waals surface area contributed by atoms with Crippen LogP contribution >= 0.6 is 0 Å². The fourth-order valence-electron chi connectivity index (χ4n) is 7.88. The second kappa shape index (κ2) is 27.9. The van der Waals surface area contributed by atoms with Crippen LogP contribution in [0.4, 0.5) is 0 Å². The summed E-state index contributed by atoms with van der Waals surface area (Å²) in [7, 11) is 0. The highest BCUT2D eigenvalue weighted by Crippen LogP contribution is 2.20. The van der Waals surface area contributed by atoms with E-state index in [1.807, 2.05) is 24.3 Å². The predicted octanol–water partition coefficient (Wildman–Crippen LogP) is -0.610. The third-order valence-electron chi connectivity index (χ3n) is 11.8. The van der Waals surface area contributed by atoms with E-state index in [2.05, 4.69) is 51.8 Å². The Bertz CT molecular complexity index is 2640. The number of unbranched alkanes of at least 4 members (excludes halogenated alkanes) is 1. The fraction of sp³-hybridized carbons (Fsp3) is 0.380. The molecule has 390 valence electrons. The molecule has 0 saturated carbocycles. The monoisotopic (exact) mass is 1010 g/mol. The number of carbonyl (C=O) groups is 7. The van der Waals surface area contributed by atoms with Gasteiger partial charge in [0.05, 0.1) is 12.4 Å². The smallest absolute Gasteiger partial charge is 0.326 e. The Balaban J connectivity index is 1.44. The highest BCUT2D eigenvalue weighted by Gasteiger charge is 2.34. The Labute approximate surface area is 421 Å². The number of amides is 6. The van der Waals surface area contributed by atoms with E-state index in [0.717, 1.165) is 10.9 Å². The van der Waals surface area contributed by atoms with E-state index >= 15 is 0 Å². The number of aromatic amines is 2. The van der Waals surface area contributed by atoms with Crippen molar-refractivity contribution in [2.24, 2.45) is 27.9 Å². The van der Waals surface area contributed by atoms with Gasteiger partial charge >= 0.3 is 5.97 Å². The summed E-state index contributed by atoms with van der Waals surface area (Å²) >= 11 is 0. The van der Waals surface area contributed by atoms with Crippen molar-refractivity contribution in [3.63, 3.8) is 0 Å². The van der Waals surface area contributed by atoms with Crippen LogP contribution in [0.25, 0.3) is 10.9 Å². The van der Waals surface area contributed by atoms with E-state index in [1.54, 1.807) is 48.7 Å². The lowest BCUT2D eigenvalue weighted by atomic mass is 10.0. The van der Waals surface area contributed by atoms with Crippen molar-refractivity contribution in [1.29, 1.82) is 0 Å². The molecule has 7 atom stereocenters. The number of phenols is 1. The molecule has 73 heavy (non-hydrogen) atoms. The molecule has 0 unspecified atom stereocenters. The summed E-state index contributed by atoms with van der Waals surface area (Å²) in [5, 5.41) is 37.1. The lowest BCUT2D eigenvalue weighted by molar-refractivity contribution is -0.142. The molecule has 0 aliphatic heterocycles. The van der Waals surface area contributed by atoms with E-state index in [-0.39, 0.29) is 69.7 Å². The second-order valence-corrected chi connectivity index (χ2v) is 17.6. The minimum absolute atomic E-state index is 0.0319. The Morgan fingerprint density at radius 2 is 1.14 bits per heavy atom. The van der Waals surface area contributed by atoms with Crippen LogP contribution in [0.5, 0.6) is 5.75 Å². The van der Waals surface area contributed by atoms with Crippen molar-refractivity contribution in [1.82, 2.24) is 46.9 Å². The zero-order valence-electron chi connectivity index (χ0n) is 40.5. The van der Waals surface area contributed by atoms with Gasteiger partial charge < -0.3 is 75.0 Å². The highest BCUT2D eigenvalue weighted by atomic mass is 16.4.